The average molecular weight is 260 g/mol. The Bertz CT molecular complexity index is 292. The quantitative estimate of drug-likeness (QED) is 0.641. The summed E-state index contributed by atoms with van der Waals surface area (Å²) < 4.78 is 10.1. The molecule has 1 rings (SSSR count). The highest BCUT2D eigenvalue weighted by Crippen LogP contribution is 2.41. The summed E-state index contributed by atoms with van der Waals surface area (Å²) in [6.07, 6.45) is 2.34. The highest BCUT2D eigenvalue weighted by Gasteiger charge is 2.46. The topological polar surface area (TPSA) is 73.6 Å². The van der Waals surface area contributed by atoms with E-state index in [1.54, 1.807) is 14.2 Å². The van der Waals surface area contributed by atoms with Gasteiger partial charge in [-0.05, 0) is 12.8 Å². The summed E-state index contributed by atoms with van der Waals surface area (Å²) in [6, 6.07) is 0. The van der Waals surface area contributed by atoms with Gasteiger partial charge < -0.3 is 20.5 Å². The number of ether oxygens (including phenoxy) is 2. The lowest BCUT2D eigenvalue weighted by Gasteiger charge is -2.39. The Labute approximate surface area is 107 Å². The molecule has 0 aromatic carbocycles. The SMILES string of the molecule is COCC(CNC(=O)C1(C(N)=S)CCC1)OC. The maximum Gasteiger partial charge on any atom is 0.233 e. The van der Waals surface area contributed by atoms with Gasteiger partial charge in [0.2, 0.25) is 5.91 Å². The van der Waals surface area contributed by atoms with Crippen LogP contribution in [0, 0.1) is 5.41 Å². The molecule has 1 fully saturated rings. The maximum atomic E-state index is 12.0. The number of methoxy groups -OCH3 is 2. The van der Waals surface area contributed by atoms with E-state index in [0.717, 1.165) is 19.3 Å². The van der Waals surface area contributed by atoms with E-state index in [1.807, 2.05) is 0 Å². The molecular formula is C11H20N2O3S. The van der Waals surface area contributed by atoms with Crippen molar-refractivity contribution in [3.05, 3.63) is 0 Å². The Morgan fingerprint density at radius 1 is 1.53 bits per heavy atom. The number of carbonyl (C=O) groups excluding carboxylic acids is 1. The number of rotatable bonds is 7. The fourth-order valence-corrected chi connectivity index (χ4v) is 2.18. The molecule has 98 valence electrons. The molecule has 1 aliphatic carbocycles. The second kappa shape index (κ2) is 6.28. The van der Waals surface area contributed by atoms with E-state index in [9.17, 15) is 4.79 Å². The second-order valence-corrected chi connectivity index (χ2v) is 4.76. The first-order chi connectivity index (χ1) is 8.06. The molecule has 0 bridgehead atoms. The van der Waals surface area contributed by atoms with Crippen LogP contribution in [0.1, 0.15) is 19.3 Å². The Morgan fingerprint density at radius 2 is 2.18 bits per heavy atom. The van der Waals surface area contributed by atoms with Gasteiger partial charge in [0.15, 0.2) is 0 Å². The lowest BCUT2D eigenvalue weighted by Crippen LogP contribution is -2.54. The minimum Gasteiger partial charge on any atom is -0.392 e. The number of thiocarbonyl (C=S) groups is 1. The smallest absolute Gasteiger partial charge is 0.233 e. The predicted octanol–water partition coefficient (Wildman–Crippen LogP) is 0.220. The molecule has 17 heavy (non-hydrogen) atoms. The Hall–Kier alpha value is -0.720. The van der Waals surface area contributed by atoms with Crippen LogP contribution < -0.4 is 11.1 Å². The second-order valence-electron chi connectivity index (χ2n) is 4.32. The van der Waals surface area contributed by atoms with Crippen LogP contribution >= 0.6 is 12.2 Å². The fraction of sp³-hybridized carbons (Fsp3) is 0.818. The van der Waals surface area contributed by atoms with Crippen molar-refractivity contribution in [1.29, 1.82) is 0 Å². The number of hydrogen-bond acceptors (Lipinski definition) is 4. The van der Waals surface area contributed by atoms with Crippen molar-refractivity contribution in [1.82, 2.24) is 5.32 Å². The van der Waals surface area contributed by atoms with Crippen molar-refractivity contribution in [3.8, 4) is 0 Å². The number of nitrogens with two attached hydrogens (primary N) is 1. The van der Waals surface area contributed by atoms with Gasteiger partial charge >= 0.3 is 0 Å². The highest BCUT2D eigenvalue weighted by molar-refractivity contribution is 7.80. The van der Waals surface area contributed by atoms with Crippen molar-refractivity contribution in [3.63, 3.8) is 0 Å². The molecule has 1 unspecified atom stereocenters. The van der Waals surface area contributed by atoms with Gasteiger partial charge in [-0.15, -0.1) is 0 Å². The molecule has 1 amide bonds. The minimum absolute atomic E-state index is 0.0885. The molecule has 0 saturated heterocycles. The zero-order valence-electron chi connectivity index (χ0n) is 10.3. The molecule has 5 nitrogen and oxygen atoms in total. The fourth-order valence-electron chi connectivity index (χ4n) is 1.89. The number of hydrogen-bond donors (Lipinski definition) is 2. The van der Waals surface area contributed by atoms with Crippen molar-refractivity contribution in [2.45, 2.75) is 25.4 Å². The summed E-state index contributed by atoms with van der Waals surface area (Å²) in [5, 5.41) is 2.83. The van der Waals surface area contributed by atoms with E-state index >= 15 is 0 Å². The molecule has 0 spiro atoms. The summed E-state index contributed by atoms with van der Waals surface area (Å²) in [5.74, 6) is -0.0885. The average Bonchev–Trinajstić information content (AvgIpc) is 2.21. The van der Waals surface area contributed by atoms with E-state index in [0.29, 0.717) is 18.1 Å². The van der Waals surface area contributed by atoms with E-state index in [2.05, 4.69) is 5.32 Å². The summed E-state index contributed by atoms with van der Waals surface area (Å²) in [7, 11) is 3.18. The lowest BCUT2D eigenvalue weighted by atomic mass is 9.68. The van der Waals surface area contributed by atoms with Crippen LogP contribution in [-0.2, 0) is 14.3 Å². The summed E-state index contributed by atoms with van der Waals surface area (Å²) in [6.45, 7) is 0.852. The molecule has 1 atom stereocenters. The highest BCUT2D eigenvalue weighted by atomic mass is 32.1. The molecule has 1 saturated carbocycles. The summed E-state index contributed by atoms with van der Waals surface area (Å²) in [4.78, 5) is 12.3. The van der Waals surface area contributed by atoms with Crippen LogP contribution in [0.3, 0.4) is 0 Å². The van der Waals surface area contributed by atoms with Crippen LogP contribution in [0.2, 0.25) is 0 Å². The van der Waals surface area contributed by atoms with Crippen LogP contribution in [0.5, 0.6) is 0 Å². The Balaban J connectivity index is 2.45. The van der Waals surface area contributed by atoms with Crippen molar-refractivity contribution < 1.29 is 14.3 Å². The van der Waals surface area contributed by atoms with Gasteiger partial charge in [-0.25, -0.2) is 0 Å². The largest absolute Gasteiger partial charge is 0.392 e. The van der Waals surface area contributed by atoms with Crippen molar-refractivity contribution in [2.75, 3.05) is 27.4 Å². The van der Waals surface area contributed by atoms with Gasteiger partial charge in [0.1, 0.15) is 0 Å². The first-order valence-electron chi connectivity index (χ1n) is 5.66. The molecule has 0 aliphatic heterocycles. The van der Waals surface area contributed by atoms with Crippen LogP contribution in [-0.4, -0.2) is 44.4 Å². The number of amides is 1. The lowest BCUT2D eigenvalue weighted by molar-refractivity contribution is -0.131. The Morgan fingerprint density at radius 3 is 2.53 bits per heavy atom. The van der Waals surface area contributed by atoms with E-state index in [-0.39, 0.29) is 12.0 Å². The number of carbonyl (C=O) groups is 1. The van der Waals surface area contributed by atoms with E-state index in [4.69, 9.17) is 27.4 Å². The third kappa shape index (κ3) is 3.14. The number of nitrogens with one attached hydrogen (secondary N) is 1. The first-order valence-corrected chi connectivity index (χ1v) is 6.07. The normalized spacial score (nSPS) is 19.2. The van der Waals surface area contributed by atoms with Crippen molar-refractivity contribution in [2.24, 2.45) is 11.1 Å². The van der Waals surface area contributed by atoms with E-state index < -0.39 is 5.41 Å². The van der Waals surface area contributed by atoms with E-state index in [1.165, 1.54) is 0 Å². The van der Waals surface area contributed by atoms with Crippen molar-refractivity contribution >= 4 is 23.1 Å². The molecule has 3 N–H and O–H groups in total. The van der Waals surface area contributed by atoms with Gasteiger partial charge in [-0.2, -0.15) is 0 Å². The molecule has 0 aromatic rings. The van der Waals surface area contributed by atoms with Crippen LogP contribution in [0.4, 0.5) is 0 Å². The molecule has 0 radical (unpaired) electrons. The van der Waals surface area contributed by atoms with Gasteiger partial charge in [0.25, 0.3) is 0 Å². The van der Waals surface area contributed by atoms with Gasteiger partial charge in [-0.3, -0.25) is 4.79 Å². The zero-order valence-corrected chi connectivity index (χ0v) is 11.1. The molecule has 0 aromatic heterocycles. The molecule has 6 heteroatoms. The molecule has 0 heterocycles. The van der Waals surface area contributed by atoms with Gasteiger partial charge in [0, 0.05) is 20.8 Å². The third-order valence-electron chi connectivity index (χ3n) is 3.29. The third-order valence-corrected chi connectivity index (χ3v) is 3.68. The van der Waals surface area contributed by atoms with Gasteiger partial charge in [0.05, 0.1) is 23.1 Å². The van der Waals surface area contributed by atoms with Gasteiger partial charge in [-0.1, -0.05) is 18.6 Å². The van der Waals surface area contributed by atoms with Crippen LogP contribution in [0.25, 0.3) is 0 Å². The monoisotopic (exact) mass is 260 g/mol. The standard InChI is InChI=1S/C11H20N2O3S/c1-15-7-8(16-2)6-13-10(14)11(9(12)17)4-3-5-11/h8H,3-7H2,1-2H3,(H2,12,17)(H,13,14). The zero-order chi connectivity index (χ0) is 12.9. The predicted molar refractivity (Wildman–Crippen MR) is 68.8 cm³/mol. The van der Waals surface area contributed by atoms with Crippen LogP contribution in [0.15, 0.2) is 0 Å². The molecule has 1 aliphatic rings. The molecular weight excluding hydrogens is 240 g/mol. The summed E-state index contributed by atoms with van der Waals surface area (Å²) >= 11 is 4.98. The maximum absolute atomic E-state index is 12.0. The first kappa shape index (κ1) is 14.3. The minimum atomic E-state index is -0.624. The summed E-state index contributed by atoms with van der Waals surface area (Å²) in [5.41, 5.74) is 5.02. The Kier molecular flexibility index (Phi) is 5.30.